The van der Waals surface area contributed by atoms with Crippen LogP contribution in [0.2, 0.25) is 0 Å². The minimum absolute atomic E-state index is 0.431. The van der Waals surface area contributed by atoms with Crippen LogP contribution in [-0.2, 0) is 0 Å². The van der Waals surface area contributed by atoms with E-state index >= 15 is 0 Å². The molecule has 21 heavy (non-hydrogen) atoms. The predicted octanol–water partition coefficient (Wildman–Crippen LogP) is 3.65. The van der Waals surface area contributed by atoms with Crippen LogP contribution in [-0.4, -0.2) is 26.1 Å². The second-order valence-corrected chi connectivity index (χ2v) is 5.51. The molecule has 0 atom stereocenters. The van der Waals surface area contributed by atoms with E-state index < -0.39 is 0 Å². The number of pyridine rings is 1. The molecular formula is C14H10BrN5S. The summed E-state index contributed by atoms with van der Waals surface area (Å²) in [5.41, 5.74) is 1.81. The van der Waals surface area contributed by atoms with Crippen LogP contribution < -0.4 is 0 Å². The lowest BCUT2D eigenvalue weighted by Gasteiger charge is -2.00. The summed E-state index contributed by atoms with van der Waals surface area (Å²) in [5, 5.41) is 11.3. The Morgan fingerprint density at radius 1 is 1.29 bits per heavy atom. The van der Waals surface area contributed by atoms with E-state index in [0.29, 0.717) is 10.6 Å². The van der Waals surface area contributed by atoms with Gasteiger partial charge < -0.3 is 0 Å². The molecule has 0 aliphatic rings. The molecule has 2 aromatic heterocycles. The summed E-state index contributed by atoms with van der Waals surface area (Å²) in [7, 11) is 0. The zero-order valence-electron chi connectivity index (χ0n) is 10.8. The Labute approximate surface area is 134 Å². The van der Waals surface area contributed by atoms with E-state index in [4.69, 9.17) is 12.2 Å². The molecule has 0 aliphatic carbocycles. The van der Waals surface area contributed by atoms with Gasteiger partial charge in [0.25, 0.3) is 0 Å². The first-order valence-electron chi connectivity index (χ1n) is 6.12. The van der Waals surface area contributed by atoms with Crippen LogP contribution in [0.25, 0.3) is 11.4 Å². The molecule has 0 radical (unpaired) electrons. The van der Waals surface area contributed by atoms with E-state index in [1.807, 2.05) is 36.4 Å². The molecule has 0 spiro atoms. The topological polar surface area (TPSA) is 58.9 Å². The van der Waals surface area contributed by atoms with E-state index in [-0.39, 0.29) is 0 Å². The van der Waals surface area contributed by atoms with Gasteiger partial charge in [-0.1, -0.05) is 28.1 Å². The first kappa shape index (κ1) is 13.8. The fourth-order valence-corrected chi connectivity index (χ4v) is 2.39. The Balaban J connectivity index is 2.00. The van der Waals surface area contributed by atoms with Crippen molar-refractivity contribution in [1.29, 1.82) is 0 Å². The van der Waals surface area contributed by atoms with Crippen molar-refractivity contribution in [3.05, 3.63) is 63.6 Å². The minimum Gasteiger partial charge on any atom is -0.264 e. The first-order chi connectivity index (χ1) is 10.2. The third kappa shape index (κ3) is 3.14. The number of halogens is 1. The summed E-state index contributed by atoms with van der Waals surface area (Å²) in [6.07, 6.45) is 5.16. The van der Waals surface area contributed by atoms with E-state index in [0.717, 1.165) is 15.6 Å². The number of nitrogens with one attached hydrogen (secondary N) is 1. The van der Waals surface area contributed by atoms with Crippen LogP contribution in [0.3, 0.4) is 0 Å². The Kier molecular flexibility index (Phi) is 4.03. The Hall–Kier alpha value is -2.12. The van der Waals surface area contributed by atoms with Gasteiger partial charge in [0.2, 0.25) is 4.77 Å². The van der Waals surface area contributed by atoms with E-state index in [9.17, 15) is 0 Å². The number of benzene rings is 1. The average molecular weight is 360 g/mol. The van der Waals surface area contributed by atoms with Crippen LogP contribution in [0.4, 0.5) is 0 Å². The van der Waals surface area contributed by atoms with E-state index in [1.165, 1.54) is 0 Å². The van der Waals surface area contributed by atoms with Gasteiger partial charge >= 0.3 is 0 Å². The summed E-state index contributed by atoms with van der Waals surface area (Å²) in [4.78, 5) is 4.08. The molecule has 0 saturated heterocycles. The molecule has 1 N–H and O–H groups in total. The number of hydrogen-bond donors (Lipinski definition) is 1. The fourth-order valence-electron chi connectivity index (χ4n) is 1.79. The van der Waals surface area contributed by atoms with Crippen LogP contribution in [0.1, 0.15) is 5.56 Å². The van der Waals surface area contributed by atoms with Crippen LogP contribution in [0.15, 0.2) is 58.4 Å². The zero-order valence-corrected chi connectivity index (χ0v) is 13.2. The molecule has 0 aliphatic heterocycles. The van der Waals surface area contributed by atoms with Crippen LogP contribution >= 0.6 is 28.1 Å². The second kappa shape index (κ2) is 6.11. The van der Waals surface area contributed by atoms with Gasteiger partial charge in [0.15, 0.2) is 5.82 Å². The lowest BCUT2D eigenvalue weighted by atomic mass is 10.2. The van der Waals surface area contributed by atoms with Crippen molar-refractivity contribution in [2.75, 3.05) is 0 Å². The third-order valence-electron chi connectivity index (χ3n) is 2.74. The van der Waals surface area contributed by atoms with Crippen molar-refractivity contribution in [3.8, 4) is 11.4 Å². The summed E-state index contributed by atoms with van der Waals surface area (Å²) in [6, 6.07) is 11.6. The van der Waals surface area contributed by atoms with Gasteiger partial charge in [-0.2, -0.15) is 14.9 Å². The molecule has 104 valence electrons. The van der Waals surface area contributed by atoms with Crippen molar-refractivity contribution in [3.63, 3.8) is 0 Å². The summed E-state index contributed by atoms with van der Waals surface area (Å²) in [5.74, 6) is 0.624. The van der Waals surface area contributed by atoms with Crippen LogP contribution in [0, 0.1) is 4.77 Å². The predicted molar refractivity (Wildman–Crippen MR) is 87.8 cm³/mol. The van der Waals surface area contributed by atoms with Gasteiger partial charge in [-0.3, -0.25) is 4.98 Å². The molecular weight excluding hydrogens is 350 g/mol. The quantitative estimate of drug-likeness (QED) is 0.573. The third-order valence-corrected chi connectivity index (χ3v) is 3.50. The fraction of sp³-hybridized carbons (Fsp3) is 0. The summed E-state index contributed by atoms with van der Waals surface area (Å²) < 4.78 is 3.00. The molecule has 7 heteroatoms. The highest BCUT2D eigenvalue weighted by Gasteiger charge is 2.07. The number of hydrogen-bond acceptors (Lipinski definition) is 4. The second-order valence-electron chi connectivity index (χ2n) is 4.21. The van der Waals surface area contributed by atoms with E-state index in [2.05, 4.69) is 36.2 Å². The molecule has 3 aromatic rings. The summed E-state index contributed by atoms with van der Waals surface area (Å²) >= 11 is 8.65. The maximum absolute atomic E-state index is 5.22. The molecule has 5 nitrogen and oxygen atoms in total. The average Bonchev–Trinajstić information content (AvgIpc) is 2.87. The Morgan fingerprint density at radius 2 is 2.19 bits per heavy atom. The number of nitrogens with zero attached hydrogens (tertiary/aromatic N) is 4. The monoisotopic (exact) mass is 359 g/mol. The van der Waals surface area contributed by atoms with Gasteiger partial charge in [0, 0.05) is 22.4 Å². The van der Waals surface area contributed by atoms with Crippen molar-refractivity contribution in [1.82, 2.24) is 19.9 Å². The largest absolute Gasteiger partial charge is 0.264 e. The van der Waals surface area contributed by atoms with Crippen molar-refractivity contribution in [2.24, 2.45) is 5.10 Å². The van der Waals surface area contributed by atoms with Gasteiger partial charge in [-0.05, 0) is 42.0 Å². The van der Waals surface area contributed by atoms with Crippen molar-refractivity contribution in [2.45, 2.75) is 0 Å². The minimum atomic E-state index is 0.431. The van der Waals surface area contributed by atoms with Crippen LogP contribution in [0.5, 0.6) is 0 Å². The maximum atomic E-state index is 5.22. The molecule has 0 amide bonds. The smallest absolute Gasteiger partial charge is 0.216 e. The molecule has 0 bridgehead atoms. The standard InChI is InChI=1S/C14H10BrN5S/c15-12-5-1-3-10(7-12)8-17-20-13(18-19-14(20)21)11-4-2-6-16-9-11/h1-9H,(H,19,21)/b17-8+. The SMILES string of the molecule is S=c1[nH]nc(-c2cccnc2)n1/N=C/c1cccc(Br)c1. The van der Waals surface area contributed by atoms with Gasteiger partial charge in [-0.25, -0.2) is 5.10 Å². The number of aromatic amines is 1. The molecule has 0 fully saturated rings. The highest BCUT2D eigenvalue weighted by molar-refractivity contribution is 9.10. The lowest BCUT2D eigenvalue weighted by Crippen LogP contribution is -1.95. The molecule has 3 rings (SSSR count). The van der Waals surface area contributed by atoms with E-state index in [1.54, 1.807) is 23.3 Å². The maximum Gasteiger partial charge on any atom is 0.216 e. The highest BCUT2D eigenvalue weighted by Crippen LogP contribution is 2.15. The van der Waals surface area contributed by atoms with Gasteiger partial charge in [0.1, 0.15) is 0 Å². The van der Waals surface area contributed by atoms with Crippen molar-refractivity contribution >= 4 is 34.4 Å². The molecule has 1 aromatic carbocycles. The number of H-pyrrole nitrogens is 1. The molecule has 0 unspecified atom stereocenters. The molecule has 2 heterocycles. The number of aromatic nitrogens is 4. The zero-order chi connectivity index (χ0) is 14.7. The van der Waals surface area contributed by atoms with Crippen molar-refractivity contribution < 1.29 is 0 Å². The lowest BCUT2D eigenvalue weighted by molar-refractivity contribution is 0.871. The molecule has 0 saturated carbocycles. The Bertz CT molecular complexity index is 838. The highest BCUT2D eigenvalue weighted by atomic mass is 79.9. The first-order valence-corrected chi connectivity index (χ1v) is 7.32. The Morgan fingerprint density at radius 3 is 2.95 bits per heavy atom. The van der Waals surface area contributed by atoms with Gasteiger partial charge in [-0.15, -0.1) is 0 Å². The number of rotatable bonds is 3. The van der Waals surface area contributed by atoms with Gasteiger partial charge in [0.05, 0.1) is 6.21 Å². The normalized spacial score (nSPS) is 11.1. The summed E-state index contributed by atoms with van der Waals surface area (Å²) in [6.45, 7) is 0.